The summed E-state index contributed by atoms with van der Waals surface area (Å²) in [6.07, 6.45) is 1.72. The Morgan fingerprint density at radius 1 is 0.952 bits per heavy atom. The first-order valence-corrected chi connectivity index (χ1v) is 16.0. The lowest BCUT2D eigenvalue weighted by molar-refractivity contribution is -0.141. The van der Waals surface area contributed by atoms with Crippen molar-refractivity contribution in [1.82, 2.24) is 10.2 Å². The lowest BCUT2D eigenvalue weighted by atomic mass is 10.0. The number of carbonyl (C=O) groups excluding carboxylic acids is 2. The van der Waals surface area contributed by atoms with E-state index >= 15 is 0 Å². The molecule has 1 N–H and O–H groups in total. The second kappa shape index (κ2) is 13.9. The molecule has 0 saturated carbocycles. The molecule has 42 heavy (non-hydrogen) atoms. The maximum Gasteiger partial charge on any atom is 0.243 e. The minimum Gasteiger partial charge on any atom is -0.454 e. The number of rotatable bonds is 13. The molecular weight excluding hydrogens is 578 g/mol. The van der Waals surface area contributed by atoms with Crippen LogP contribution in [0.25, 0.3) is 0 Å². The standard InChI is InChI=1S/C31H36ClN3O6S/c1-22(2)33-31(37)27(18-23-8-5-4-6-9-23)34(20-24-11-13-25(32)14-12-24)30(36)10-7-17-35(42(3,38)39)26-15-16-28-29(19-26)41-21-40-28/h4-6,8-9,11-16,19,22,27H,7,10,17-18,20-21H2,1-3H3,(H,33,37)/t27-/m0/s1. The molecule has 1 aliphatic rings. The zero-order valence-electron chi connectivity index (χ0n) is 24.0. The predicted molar refractivity (Wildman–Crippen MR) is 163 cm³/mol. The van der Waals surface area contributed by atoms with Crippen LogP contribution >= 0.6 is 11.6 Å². The Labute approximate surface area is 252 Å². The molecule has 0 aliphatic carbocycles. The van der Waals surface area contributed by atoms with Crippen LogP contribution in [0.2, 0.25) is 5.02 Å². The summed E-state index contributed by atoms with van der Waals surface area (Å²) in [5.41, 5.74) is 2.16. The average molecular weight is 614 g/mol. The minimum absolute atomic E-state index is 0.0322. The van der Waals surface area contributed by atoms with Crippen molar-refractivity contribution in [2.24, 2.45) is 0 Å². The van der Waals surface area contributed by atoms with Crippen LogP contribution in [-0.4, -0.2) is 56.8 Å². The molecule has 224 valence electrons. The normalized spacial score (nSPS) is 13.1. The second-order valence-electron chi connectivity index (χ2n) is 10.5. The first-order chi connectivity index (χ1) is 20.0. The van der Waals surface area contributed by atoms with Crippen LogP contribution in [-0.2, 0) is 32.6 Å². The SMILES string of the molecule is CC(C)NC(=O)[C@H](Cc1ccccc1)N(Cc1ccc(Cl)cc1)C(=O)CCCN(c1ccc2c(c1)OCO2)S(C)(=O)=O. The first kappa shape index (κ1) is 31.2. The summed E-state index contributed by atoms with van der Waals surface area (Å²) in [6.45, 7) is 4.08. The first-order valence-electron chi connectivity index (χ1n) is 13.8. The van der Waals surface area contributed by atoms with Crippen LogP contribution in [0.1, 0.15) is 37.8 Å². The van der Waals surface area contributed by atoms with Gasteiger partial charge in [-0.1, -0.05) is 54.1 Å². The molecular formula is C31H36ClN3O6S. The topological polar surface area (TPSA) is 105 Å². The number of fused-ring (bicyclic) bond motifs is 1. The molecule has 4 rings (SSSR count). The van der Waals surface area contributed by atoms with Gasteiger partial charge in [0.15, 0.2) is 11.5 Å². The monoisotopic (exact) mass is 613 g/mol. The second-order valence-corrected chi connectivity index (χ2v) is 12.8. The highest BCUT2D eigenvalue weighted by molar-refractivity contribution is 7.92. The van der Waals surface area contributed by atoms with Gasteiger partial charge in [0.2, 0.25) is 28.6 Å². The summed E-state index contributed by atoms with van der Waals surface area (Å²) >= 11 is 6.09. The fraction of sp³-hybridized carbons (Fsp3) is 0.355. The Morgan fingerprint density at radius 2 is 1.64 bits per heavy atom. The Kier molecular flexibility index (Phi) is 10.3. The molecule has 1 aliphatic heterocycles. The highest BCUT2D eigenvalue weighted by Gasteiger charge is 2.31. The molecule has 0 fully saturated rings. The van der Waals surface area contributed by atoms with Gasteiger partial charge in [0.1, 0.15) is 6.04 Å². The predicted octanol–water partition coefficient (Wildman–Crippen LogP) is 4.78. The maximum absolute atomic E-state index is 13.9. The van der Waals surface area contributed by atoms with Gasteiger partial charge in [-0.3, -0.25) is 13.9 Å². The smallest absolute Gasteiger partial charge is 0.243 e. The van der Waals surface area contributed by atoms with E-state index in [1.807, 2.05) is 56.3 Å². The van der Waals surface area contributed by atoms with E-state index in [9.17, 15) is 18.0 Å². The Morgan fingerprint density at radius 3 is 2.31 bits per heavy atom. The third-order valence-corrected chi connectivity index (χ3v) is 8.21. The van der Waals surface area contributed by atoms with Crippen LogP contribution in [0.5, 0.6) is 11.5 Å². The fourth-order valence-corrected chi connectivity index (χ4v) is 5.85. The Balaban J connectivity index is 1.57. The van der Waals surface area contributed by atoms with Crippen molar-refractivity contribution >= 4 is 39.1 Å². The van der Waals surface area contributed by atoms with Crippen molar-refractivity contribution in [3.8, 4) is 11.5 Å². The molecule has 0 radical (unpaired) electrons. The van der Waals surface area contributed by atoms with Gasteiger partial charge >= 0.3 is 0 Å². The van der Waals surface area contributed by atoms with Gasteiger partial charge in [0.05, 0.1) is 11.9 Å². The number of amides is 2. The molecule has 11 heteroatoms. The highest BCUT2D eigenvalue weighted by atomic mass is 35.5. The fourth-order valence-electron chi connectivity index (χ4n) is 4.77. The molecule has 3 aromatic rings. The van der Waals surface area contributed by atoms with Crippen LogP contribution < -0.4 is 19.1 Å². The number of anilines is 1. The van der Waals surface area contributed by atoms with Crippen molar-refractivity contribution in [3.63, 3.8) is 0 Å². The third kappa shape index (κ3) is 8.39. The number of hydrogen-bond acceptors (Lipinski definition) is 6. The van der Waals surface area contributed by atoms with E-state index in [4.69, 9.17) is 21.1 Å². The zero-order valence-corrected chi connectivity index (χ0v) is 25.5. The molecule has 1 atom stereocenters. The number of benzene rings is 3. The van der Waals surface area contributed by atoms with Crippen molar-refractivity contribution < 1.29 is 27.5 Å². The Bertz CT molecular complexity index is 1480. The minimum atomic E-state index is -3.65. The molecule has 1 heterocycles. The summed E-state index contributed by atoms with van der Waals surface area (Å²) in [5, 5.41) is 3.53. The molecule has 0 aromatic heterocycles. The molecule has 0 unspecified atom stereocenters. The molecule has 0 spiro atoms. The highest BCUT2D eigenvalue weighted by Crippen LogP contribution is 2.36. The molecule has 9 nitrogen and oxygen atoms in total. The summed E-state index contributed by atoms with van der Waals surface area (Å²) in [5.74, 6) is 0.494. The number of sulfonamides is 1. The van der Waals surface area contributed by atoms with E-state index in [1.165, 1.54) is 4.31 Å². The van der Waals surface area contributed by atoms with E-state index in [0.29, 0.717) is 28.6 Å². The van der Waals surface area contributed by atoms with E-state index in [0.717, 1.165) is 17.4 Å². The number of nitrogens with one attached hydrogen (secondary N) is 1. The van der Waals surface area contributed by atoms with Gasteiger partial charge in [-0.05, 0) is 55.7 Å². The summed E-state index contributed by atoms with van der Waals surface area (Å²) in [6, 6.07) is 20.7. The van der Waals surface area contributed by atoms with Crippen molar-refractivity contribution in [2.75, 3.05) is 23.9 Å². The van der Waals surface area contributed by atoms with Crippen molar-refractivity contribution in [3.05, 3.63) is 88.9 Å². The molecule has 3 aromatic carbocycles. The van der Waals surface area contributed by atoms with E-state index in [-0.39, 0.29) is 50.6 Å². The number of carbonyl (C=O) groups is 2. The van der Waals surface area contributed by atoms with Crippen molar-refractivity contribution in [2.45, 2.75) is 51.7 Å². The van der Waals surface area contributed by atoms with Gasteiger partial charge in [-0.2, -0.15) is 0 Å². The van der Waals surface area contributed by atoms with Crippen LogP contribution in [0.4, 0.5) is 5.69 Å². The summed E-state index contributed by atoms with van der Waals surface area (Å²) in [4.78, 5) is 29.0. The zero-order chi connectivity index (χ0) is 30.3. The van der Waals surface area contributed by atoms with Gasteiger partial charge in [0.25, 0.3) is 0 Å². The Hall–Kier alpha value is -3.76. The number of halogens is 1. The van der Waals surface area contributed by atoms with Crippen molar-refractivity contribution in [1.29, 1.82) is 0 Å². The van der Waals surface area contributed by atoms with Gasteiger partial charge < -0.3 is 19.7 Å². The number of nitrogens with zero attached hydrogens (tertiary/aromatic N) is 2. The maximum atomic E-state index is 13.9. The van der Waals surface area contributed by atoms with E-state index < -0.39 is 16.1 Å². The third-order valence-electron chi connectivity index (χ3n) is 6.76. The number of ether oxygens (including phenoxy) is 2. The summed E-state index contributed by atoms with van der Waals surface area (Å²) < 4.78 is 37.4. The van der Waals surface area contributed by atoms with Crippen LogP contribution in [0, 0.1) is 0 Å². The van der Waals surface area contributed by atoms with E-state index in [2.05, 4.69) is 5.32 Å². The van der Waals surface area contributed by atoms with Gasteiger partial charge in [-0.15, -0.1) is 0 Å². The largest absolute Gasteiger partial charge is 0.454 e. The van der Waals surface area contributed by atoms with Crippen LogP contribution in [0.3, 0.4) is 0 Å². The quantitative estimate of drug-likeness (QED) is 0.298. The average Bonchev–Trinajstić information content (AvgIpc) is 3.41. The molecule has 2 amide bonds. The van der Waals surface area contributed by atoms with Gasteiger partial charge in [0, 0.05) is 43.1 Å². The molecule has 0 bridgehead atoms. The van der Waals surface area contributed by atoms with Crippen LogP contribution in [0.15, 0.2) is 72.8 Å². The lowest BCUT2D eigenvalue weighted by Gasteiger charge is -2.32. The summed E-state index contributed by atoms with van der Waals surface area (Å²) in [7, 11) is -3.65. The lowest BCUT2D eigenvalue weighted by Crippen LogP contribution is -2.51. The van der Waals surface area contributed by atoms with Gasteiger partial charge in [-0.25, -0.2) is 8.42 Å². The van der Waals surface area contributed by atoms with E-state index in [1.54, 1.807) is 35.2 Å². The molecule has 0 saturated heterocycles. The number of hydrogen-bond donors (Lipinski definition) is 1.